The molecule has 4 N–H and O–H groups in total. The van der Waals surface area contributed by atoms with Crippen LogP contribution in [-0.2, 0) is 0 Å². The summed E-state index contributed by atoms with van der Waals surface area (Å²) < 4.78 is 12.3. The molecule has 0 aliphatic rings. The van der Waals surface area contributed by atoms with Gasteiger partial charge in [-0.05, 0) is 0 Å². The van der Waals surface area contributed by atoms with E-state index in [1.165, 1.54) is 43.9 Å². The molecule has 1 aromatic carbocycles. The molecule has 0 amide bonds. The molecule has 0 atom stereocenters. The summed E-state index contributed by atoms with van der Waals surface area (Å²) >= 11 is 1.41. The number of nitro benzene ring substituents is 1. The van der Waals surface area contributed by atoms with E-state index in [1.807, 2.05) is 11.6 Å². The van der Waals surface area contributed by atoms with Crippen LogP contribution in [0.2, 0.25) is 0 Å². The van der Waals surface area contributed by atoms with Crippen LogP contribution in [0.3, 0.4) is 0 Å². The lowest BCUT2D eigenvalue weighted by molar-refractivity contribution is -0.385. The van der Waals surface area contributed by atoms with Crippen LogP contribution in [0, 0.1) is 10.1 Å². The van der Waals surface area contributed by atoms with Crippen molar-refractivity contribution >= 4 is 34.2 Å². The largest absolute Gasteiger partial charge is 0.496 e. The van der Waals surface area contributed by atoms with E-state index in [9.17, 15) is 10.1 Å². The van der Waals surface area contributed by atoms with Crippen LogP contribution >= 0.6 is 11.3 Å². The molecule has 0 spiro atoms. The van der Waals surface area contributed by atoms with Gasteiger partial charge in [-0.2, -0.15) is 5.10 Å². The second-order valence-electron chi connectivity index (χ2n) is 5.15. The van der Waals surface area contributed by atoms with Crippen LogP contribution < -0.4 is 20.9 Å². The van der Waals surface area contributed by atoms with Crippen LogP contribution in [0.15, 0.2) is 33.9 Å². The molecule has 3 aromatic rings. The van der Waals surface area contributed by atoms with Crippen molar-refractivity contribution in [1.82, 2.24) is 9.38 Å². The number of imidazole rings is 1. The van der Waals surface area contributed by atoms with Crippen molar-refractivity contribution < 1.29 is 14.4 Å². The molecule has 0 saturated carbocycles. The number of nitro groups is 1. The molecule has 0 radical (unpaired) electrons. The number of thiazole rings is 1. The zero-order valence-corrected chi connectivity index (χ0v) is 15.1. The number of hydrogen-bond acceptors (Lipinski definition) is 8. The molecule has 0 aliphatic carbocycles. The van der Waals surface area contributed by atoms with Crippen molar-refractivity contribution in [1.29, 1.82) is 0 Å². The zero-order valence-electron chi connectivity index (χ0n) is 14.3. The number of benzene rings is 1. The molecule has 140 valence electrons. The molecule has 2 aromatic heterocycles. The molecular formula is C15H15N7O4S. The van der Waals surface area contributed by atoms with Gasteiger partial charge >= 0.3 is 5.69 Å². The van der Waals surface area contributed by atoms with Crippen molar-refractivity contribution in [3.63, 3.8) is 0 Å². The normalized spacial score (nSPS) is 11.0. The highest BCUT2D eigenvalue weighted by Gasteiger charge is 2.24. The van der Waals surface area contributed by atoms with Gasteiger partial charge in [-0.1, -0.05) is 0 Å². The molecule has 0 aliphatic heterocycles. The van der Waals surface area contributed by atoms with Gasteiger partial charge in [0.25, 0.3) is 0 Å². The van der Waals surface area contributed by atoms with E-state index in [0.717, 1.165) is 0 Å². The summed E-state index contributed by atoms with van der Waals surface area (Å²) in [5, 5.41) is 20.6. The fourth-order valence-electron chi connectivity index (χ4n) is 2.48. The van der Waals surface area contributed by atoms with Gasteiger partial charge in [-0.25, -0.2) is 4.98 Å². The van der Waals surface area contributed by atoms with Gasteiger partial charge in [0.05, 0.1) is 37.1 Å². The molecule has 12 heteroatoms. The van der Waals surface area contributed by atoms with E-state index in [0.29, 0.717) is 21.9 Å². The Morgan fingerprint density at radius 3 is 2.70 bits per heavy atom. The first-order chi connectivity index (χ1) is 13.0. The number of rotatable bonds is 6. The lowest BCUT2D eigenvalue weighted by Gasteiger charge is -2.10. The van der Waals surface area contributed by atoms with Gasteiger partial charge in [-0.3, -0.25) is 14.5 Å². The number of hydrogen-bond donors (Lipinski definition) is 2. The van der Waals surface area contributed by atoms with Crippen LogP contribution in [0.5, 0.6) is 11.5 Å². The second kappa shape index (κ2) is 7.29. The van der Waals surface area contributed by atoms with Gasteiger partial charge in [0.2, 0.25) is 5.96 Å². The quantitative estimate of drug-likeness (QED) is 0.280. The number of nitrogens with zero attached hydrogens (tertiary/aromatic N) is 5. The SMILES string of the molecule is COc1cc([N+](=O)[O-])c(OC)cc1-c1nc2sccn2c1/C=N/N=C(N)N. The average molecular weight is 389 g/mol. The lowest BCUT2D eigenvalue weighted by atomic mass is 10.1. The van der Waals surface area contributed by atoms with Gasteiger partial charge < -0.3 is 20.9 Å². The fourth-order valence-corrected chi connectivity index (χ4v) is 3.21. The summed E-state index contributed by atoms with van der Waals surface area (Å²) in [6.07, 6.45) is 3.25. The van der Waals surface area contributed by atoms with Gasteiger partial charge in [-0.15, -0.1) is 16.4 Å². The van der Waals surface area contributed by atoms with E-state index >= 15 is 0 Å². The third-order valence-corrected chi connectivity index (χ3v) is 4.36. The second-order valence-corrected chi connectivity index (χ2v) is 6.03. The summed E-state index contributed by atoms with van der Waals surface area (Å²) in [6.45, 7) is 0. The maximum atomic E-state index is 11.3. The maximum absolute atomic E-state index is 11.3. The number of ether oxygens (including phenoxy) is 2. The van der Waals surface area contributed by atoms with Crippen molar-refractivity contribution in [3.05, 3.63) is 39.5 Å². The molecule has 0 fully saturated rings. The summed E-state index contributed by atoms with van der Waals surface area (Å²) in [6, 6.07) is 2.79. The highest BCUT2D eigenvalue weighted by molar-refractivity contribution is 7.15. The lowest BCUT2D eigenvalue weighted by Crippen LogP contribution is -2.21. The first-order valence-corrected chi connectivity index (χ1v) is 8.32. The average Bonchev–Trinajstić information content (AvgIpc) is 3.22. The minimum Gasteiger partial charge on any atom is -0.496 e. The first-order valence-electron chi connectivity index (χ1n) is 7.44. The van der Waals surface area contributed by atoms with E-state index < -0.39 is 4.92 Å². The van der Waals surface area contributed by atoms with E-state index in [4.69, 9.17) is 20.9 Å². The van der Waals surface area contributed by atoms with Crippen molar-refractivity contribution in [3.8, 4) is 22.8 Å². The third-order valence-electron chi connectivity index (χ3n) is 3.61. The minimum absolute atomic E-state index is 0.0827. The van der Waals surface area contributed by atoms with Gasteiger partial charge in [0, 0.05) is 23.2 Å². The fraction of sp³-hybridized carbons (Fsp3) is 0.133. The van der Waals surface area contributed by atoms with Crippen LogP contribution in [0.25, 0.3) is 16.2 Å². The molecule has 0 saturated heterocycles. The summed E-state index contributed by atoms with van der Waals surface area (Å²) in [5.74, 6) is 0.164. The van der Waals surface area contributed by atoms with Gasteiger partial charge in [0.1, 0.15) is 11.4 Å². The minimum atomic E-state index is -0.544. The predicted octanol–water partition coefficient (Wildman–Crippen LogP) is 1.60. The number of fused-ring (bicyclic) bond motifs is 1. The Morgan fingerprint density at radius 1 is 1.33 bits per heavy atom. The number of aromatic nitrogens is 2. The maximum Gasteiger partial charge on any atom is 0.314 e. The Hall–Kier alpha value is -3.67. The summed E-state index contributed by atoms with van der Waals surface area (Å²) in [4.78, 5) is 16.0. The Bertz CT molecular complexity index is 1070. The molecule has 0 unspecified atom stereocenters. The number of nitrogens with two attached hydrogens (primary N) is 2. The number of guanidine groups is 1. The van der Waals surface area contributed by atoms with Crippen molar-refractivity contribution in [2.24, 2.45) is 21.7 Å². The molecule has 0 bridgehead atoms. The molecule has 11 nitrogen and oxygen atoms in total. The molecule has 2 heterocycles. The summed E-state index contributed by atoms with van der Waals surface area (Å²) in [5.41, 5.74) is 11.9. The Kier molecular flexibility index (Phi) is 4.90. The van der Waals surface area contributed by atoms with Crippen molar-refractivity contribution in [2.45, 2.75) is 0 Å². The molecule has 3 rings (SSSR count). The third kappa shape index (κ3) is 3.37. The highest BCUT2D eigenvalue weighted by atomic mass is 32.1. The van der Waals surface area contributed by atoms with Crippen LogP contribution in [0.4, 0.5) is 5.69 Å². The Balaban J connectivity index is 2.26. The first kappa shape index (κ1) is 18.1. The molecule has 27 heavy (non-hydrogen) atoms. The van der Waals surface area contributed by atoms with E-state index in [1.54, 1.807) is 4.40 Å². The Morgan fingerprint density at radius 2 is 2.07 bits per heavy atom. The monoisotopic (exact) mass is 389 g/mol. The zero-order chi connectivity index (χ0) is 19.6. The van der Waals surface area contributed by atoms with Crippen LogP contribution in [-0.4, -0.2) is 40.7 Å². The van der Waals surface area contributed by atoms with Crippen molar-refractivity contribution in [2.75, 3.05) is 14.2 Å². The number of methoxy groups -OCH3 is 2. The standard InChI is InChI=1S/C15H15N7O4S/c1-25-11-6-9(22(23)24)12(26-2)5-8(11)13-10(7-18-20-14(16)17)21-3-4-27-15(21)19-13/h3-7H,1-2H3,(H4,16,17,20)/b18-7+. The summed E-state index contributed by atoms with van der Waals surface area (Å²) in [7, 11) is 2.77. The topological polar surface area (TPSA) is 156 Å². The highest BCUT2D eigenvalue weighted by Crippen LogP contribution is 2.40. The smallest absolute Gasteiger partial charge is 0.314 e. The van der Waals surface area contributed by atoms with Gasteiger partial charge in [0.15, 0.2) is 10.7 Å². The molecular weight excluding hydrogens is 374 g/mol. The Labute approximate surface area is 156 Å². The predicted molar refractivity (Wildman–Crippen MR) is 102 cm³/mol. The van der Waals surface area contributed by atoms with Crippen LogP contribution in [0.1, 0.15) is 5.69 Å². The van der Waals surface area contributed by atoms with E-state index in [2.05, 4.69) is 15.2 Å². The van der Waals surface area contributed by atoms with E-state index in [-0.39, 0.29) is 23.1 Å².